The molecule has 7 nitrogen and oxygen atoms in total. The zero-order chi connectivity index (χ0) is 18.1. The van der Waals surface area contributed by atoms with Gasteiger partial charge in [0.15, 0.2) is 11.5 Å². The number of ether oxygens (including phenoxy) is 2. The van der Waals surface area contributed by atoms with E-state index in [0.717, 1.165) is 5.56 Å². The van der Waals surface area contributed by atoms with Crippen molar-refractivity contribution in [3.63, 3.8) is 0 Å². The van der Waals surface area contributed by atoms with Gasteiger partial charge in [0.1, 0.15) is 0 Å². The first kappa shape index (κ1) is 19.8. The van der Waals surface area contributed by atoms with Gasteiger partial charge >= 0.3 is 6.03 Å². The van der Waals surface area contributed by atoms with Gasteiger partial charge in [0.2, 0.25) is 5.91 Å². The number of methoxy groups -OCH3 is 2. The molecule has 0 unspecified atom stereocenters. The fourth-order valence-electron chi connectivity index (χ4n) is 2.10. The third-order valence-corrected chi connectivity index (χ3v) is 3.24. The van der Waals surface area contributed by atoms with E-state index in [1.54, 1.807) is 14.2 Å². The summed E-state index contributed by atoms with van der Waals surface area (Å²) >= 11 is 0. The molecule has 1 rings (SSSR count). The molecule has 0 bridgehead atoms. The standard InChI is InChI=1S/C17H27N3O4/c1-12(2)9-18-17(22)19-16(21)11-20(3)10-13-6-7-14(23-4)15(8-13)24-5/h6-8,12H,9-11H2,1-5H3,(H2,18,19,21,22). The van der Waals surface area contributed by atoms with Gasteiger partial charge in [-0.2, -0.15) is 0 Å². The average Bonchev–Trinajstić information content (AvgIpc) is 2.52. The Bertz CT molecular complexity index is 561. The highest BCUT2D eigenvalue weighted by molar-refractivity contribution is 5.95. The molecule has 134 valence electrons. The Morgan fingerprint density at radius 1 is 1.17 bits per heavy atom. The van der Waals surface area contributed by atoms with E-state index in [9.17, 15) is 9.59 Å². The summed E-state index contributed by atoms with van der Waals surface area (Å²) in [6.45, 7) is 5.16. The van der Waals surface area contributed by atoms with E-state index < -0.39 is 6.03 Å². The lowest BCUT2D eigenvalue weighted by Gasteiger charge is -2.17. The maximum atomic E-state index is 11.9. The second-order valence-corrected chi connectivity index (χ2v) is 6.01. The lowest BCUT2D eigenvalue weighted by atomic mass is 10.2. The molecule has 0 saturated carbocycles. The van der Waals surface area contributed by atoms with Gasteiger partial charge in [-0.1, -0.05) is 19.9 Å². The molecule has 0 atom stereocenters. The molecule has 0 aliphatic carbocycles. The van der Waals surface area contributed by atoms with Gasteiger partial charge in [-0.05, 0) is 30.7 Å². The van der Waals surface area contributed by atoms with Gasteiger partial charge in [0, 0.05) is 13.1 Å². The number of urea groups is 1. The van der Waals surface area contributed by atoms with Crippen molar-refractivity contribution in [2.45, 2.75) is 20.4 Å². The van der Waals surface area contributed by atoms with Crippen LogP contribution in [0.5, 0.6) is 11.5 Å². The molecule has 2 N–H and O–H groups in total. The van der Waals surface area contributed by atoms with E-state index in [1.807, 2.05) is 44.0 Å². The molecule has 0 aliphatic rings. The molecule has 0 fully saturated rings. The third-order valence-electron chi connectivity index (χ3n) is 3.24. The van der Waals surface area contributed by atoms with Crippen molar-refractivity contribution in [1.82, 2.24) is 15.5 Å². The van der Waals surface area contributed by atoms with Crippen molar-refractivity contribution in [3.05, 3.63) is 23.8 Å². The van der Waals surface area contributed by atoms with Crippen molar-refractivity contribution in [3.8, 4) is 11.5 Å². The van der Waals surface area contributed by atoms with E-state index in [2.05, 4.69) is 10.6 Å². The first-order chi connectivity index (χ1) is 11.3. The van der Waals surface area contributed by atoms with Gasteiger partial charge in [-0.15, -0.1) is 0 Å². The van der Waals surface area contributed by atoms with Gasteiger partial charge in [-0.3, -0.25) is 15.0 Å². The Balaban J connectivity index is 2.49. The number of amides is 3. The van der Waals surface area contributed by atoms with Crippen LogP contribution in [0, 0.1) is 5.92 Å². The molecule has 3 amide bonds. The predicted octanol–water partition coefficient (Wildman–Crippen LogP) is 1.62. The topological polar surface area (TPSA) is 79.9 Å². The highest BCUT2D eigenvalue weighted by Gasteiger charge is 2.12. The van der Waals surface area contributed by atoms with E-state index in [-0.39, 0.29) is 12.5 Å². The Labute approximate surface area is 143 Å². The summed E-state index contributed by atoms with van der Waals surface area (Å²) in [5, 5.41) is 4.96. The summed E-state index contributed by atoms with van der Waals surface area (Å²) in [7, 11) is 4.97. The molecular formula is C17H27N3O4. The fraction of sp³-hybridized carbons (Fsp3) is 0.529. The van der Waals surface area contributed by atoms with E-state index in [0.29, 0.717) is 30.5 Å². The Hall–Kier alpha value is -2.28. The van der Waals surface area contributed by atoms with E-state index in [1.165, 1.54) is 0 Å². The molecule has 0 aliphatic heterocycles. The average molecular weight is 337 g/mol. The van der Waals surface area contributed by atoms with Crippen LogP contribution in [0.1, 0.15) is 19.4 Å². The van der Waals surface area contributed by atoms with Crippen molar-refractivity contribution in [2.24, 2.45) is 5.92 Å². The molecule has 1 aromatic rings. The fourth-order valence-corrected chi connectivity index (χ4v) is 2.10. The first-order valence-corrected chi connectivity index (χ1v) is 7.82. The maximum Gasteiger partial charge on any atom is 0.321 e. The van der Waals surface area contributed by atoms with Crippen LogP contribution in [0.25, 0.3) is 0 Å². The van der Waals surface area contributed by atoms with Crippen molar-refractivity contribution in [1.29, 1.82) is 0 Å². The van der Waals surface area contributed by atoms with Gasteiger partial charge < -0.3 is 14.8 Å². The van der Waals surface area contributed by atoms with E-state index in [4.69, 9.17) is 9.47 Å². The minimum absolute atomic E-state index is 0.115. The predicted molar refractivity (Wildman–Crippen MR) is 92.3 cm³/mol. The van der Waals surface area contributed by atoms with Gasteiger partial charge in [0.05, 0.1) is 20.8 Å². The Kier molecular flexibility index (Phi) is 8.05. The summed E-state index contributed by atoms with van der Waals surface area (Å²) in [5.74, 6) is 1.28. The van der Waals surface area contributed by atoms with Gasteiger partial charge in [-0.25, -0.2) is 4.79 Å². The maximum absolute atomic E-state index is 11.9. The summed E-state index contributed by atoms with van der Waals surface area (Å²) in [6.07, 6.45) is 0. The summed E-state index contributed by atoms with van der Waals surface area (Å²) in [6, 6.07) is 5.13. The number of benzene rings is 1. The number of carbonyl (C=O) groups excluding carboxylic acids is 2. The SMILES string of the molecule is COc1ccc(CN(C)CC(=O)NC(=O)NCC(C)C)cc1OC. The minimum Gasteiger partial charge on any atom is -0.493 e. The molecular weight excluding hydrogens is 310 g/mol. The van der Waals surface area contributed by atoms with Crippen LogP contribution in [0.2, 0.25) is 0 Å². The van der Waals surface area contributed by atoms with Crippen molar-refractivity contribution < 1.29 is 19.1 Å². The normalized spacial score (nSPS) is 10.6. The highest BCUT2D eigenvalue weighted by Crippen LogP contribution is 2.27. The smallest absolute Gasteiger partial charge is 0.321 e. The summed E-state index contributed by atoms with van der Waals surface area (Å²) in [5.41, 5.74) is 0.979. The zero-order valence-corrected chi connectivity index (χ0v) is 15.0. The van der Waals surface area contributed by atoms with Crippen molar-refractivity contribution >= 4 is 11.9 Å². The first-order valence-electron chi connectivity index (χ1n) is 7.82. The number of nitrogens with zero attached hydrogens (tertiary/aromatic N) is 1. The Morgan fingerprint density at radius 3 is 2.42 bits per heavy atom. The van der Waals surface area contributed by atoms with Crippen LogP contribution in [-0.4, -0.2) is 51.2 Å². The zero-order valence-electron chi connectivity index (χ0n) is 15.0. The van der Waals surface area contributed by atoms with Crippen LogP contribution >= 0.6 is 0 Å². The number of hydrogen-bond acceptors (Lipinski definition) is 5. The van der Waals surface area contributed by atoms with Crippen molar-refractivity contribution in [2.75, 3.05) is 34.4 Å². The summed E-state index contributed by atoms with van der Waals surface area (Å²) in [4.78, 5) is 25.2. The Morgan fingerprint density at radius 2 is 1.83 bits per heavy atom. The second-order valence-electron chi connectivity index (χ2n) is 6.01. The lowest BCUT2D eigenvalue weighted by Crippen LogP contribution is -2.44. The number of likely N-dealkylation sites (N-methyl/N-ethyl adjacent to an activating group) is 1. The van der Waals surface area contributed by atoms with Crippen LogP contribution in [-0.2, 0) is 11.3 Å². The molecule has 0 saturated heterocycles. The largest absolute Gasteiger partial charge is 0.493 e. The molecule has 24 heavy (non-hydrogen) atoms. The number of carbonyl (C=O) groups is 2. The summed E-state index contributed by atoms with van der Waals surface area (Å²) < 4.78 is 10.5. The third kappa shape index (κ3) is 6.87. The van der Waals surface area contributed by atoms with Crippen LogP contribution in [0.15, 0.2) is 18.2 Å². The molecule has 0 aromatic heterocycles. The number of hydrogen-bond donors (Lipinski definition) is 2. The quantitative estimate of drug-likeness (QED) is 0.753. The number of rotatable bonds is 8. The molecule has 1 aromatic carbocycles. The van der Waals surface area contributed by atoms with Crippen LogP contribution < -0.4 is 20.1 Å². The molecule has 0 radical (unpaired) electrons. The molecule has 0 heterocycles. The second kappa shape index (κ2) is 9.77. The van der Waals surface area contributed by atoms with Crippen LogP contribution in [0.4, 0.5) is 4.79 Å². The van der Waals surface area contributed by atoms with Gasteiger partial charge in [0.25, 0.3) is 0 Å². The molecule has 0 spiro atoms. The number of imide groups is 1. The monoisotopic (exact) mass is 337 g/mol. The molecule has 7 heteroatoms. The highest BCUT2D eigenvalue weighted by atomic mass is 16.5. The number of nitrogens with one attached hydrogen (secondary N) is 2. The lowest BCUT2D eigenvalue weighted by molar-refractivity contribution is -0.120. The minimum atomic E-state index is -0.465. The van der Waals surface area contributed by atoms with Crippen LogP contribution in [0.3, 0.4) is 0 Å². The van der Waals surface area contributed by atoms with E-state index >= 15 is 0 Å².